The molecule has 2 saturated heterocycles. The Morgan fingerprint density at radius 3 is 2.44 bits per heavy atom. The van der Waals surface area contributed by atoms with Crippen LogP contribution in [-0.2, 0) is 17.9 Å². The number of hydrogen-bond donors (Lipinski definition) is 0. The summed E-state index contributed by atoms with van der Waals surface area (Å²) < 4.78 is 13.1. The van der Waals surface area contributed by atoms with Crippen LogP contribution in [0.4, 0.5) is 4.39 Å². The Balaban J connectivity index is 1.45. The SMILES string of the molecule is O=C1CC[C@@]2(CCCN(Cc3ccc(F)cc3)CC2)N1Cc1ccncc1. The van der Waals surface area contributed by atoms with Crippen LogP contribution in [0.2, 0.25) is 0 Å². The van der Waals surface area contributed by atoms with Crippen molar-refractivity contribution in [3.8, 4) is 0 Å². The zero-order chi connectivity index (χ0) is 18.7. The van der Waals surface area contributed by atoms with Gasteiger partial charge in [-0.2, -0.15) is 0 Å². The molecule has 2 aliphatic rings. The summed E-state index contributed by atoms with van der Waals surface area (Å²) in [5.74, 6) is 0.0867. The van der Waals surface area contributed by atoms with Crippen LogP contribution >= 0.6 is 0 Å². The average molecular weight is 367 g/mol. The van der Waals surface area contributed by atoms with Crippen molar-refractivity contribution in [3.63, 3.8) is 0 Å². The van der Waals surface area contributed by atoms with Gasteiger partial charge in [0.1, 0.15) is 5.82 Å². The first-order valence-corrected chi connectivity index (χ1v) is 9.81. The van der Waals surface area contributed by atoms with E-state index < -0.39 is 0 Å². The fourth-order valence-electron chi connectivity index (χ4n) is 4.56. The molecule has 0 unspecified atom stereocenters. The Morgan fingerprint density at radius 2 is 1.67 bits per heavy atom. The van der Waals surface area contributed by atoms with E-state index in [2.05, 4.69) is 14.8 Å². The van der Waals surface area contributed by atoms with Crippen molar-refractivity contribution in [1.82, 2.24) is 14.8 Å². The third kappa shape index (κ3) is 4.03. The van der Waals surface area contributed by atoms with Gasteiger partial charge in [-0.05, 0) is 67.6 Å². The predicted octanol–water partition coefficient (Wildman–Crippen LogP) is 3.77. The highest BCUT2D eigenvalue weighted by atomic mass is 19.1. The second kappa shape index (κ2) is 7.77. The Kier molecular flexibility index (Phi) is 5.21. The van der Waals surface area contributed by atoms with Crippen LogP contribution in [0.1, 0.15) is 43.2 Å². The maximum atomic E-state index is 13.1. The second-order valence-corrected chi connectivity index (χ2v) is 7.82. The number of carbonyl (C=O) groups excluding carboxylic acids is 1. The molecule has 2 aromatic rings. The van der Waals surface area contributed by atoms with Crippen LogP contribution in [0.5, 0.6) is 0 Å². The summed E-state index contributed by atoms with van der Waals surface area (Å²) in [6.07, 6.45) is 8.35. The number of nitrogens with zero attached hydrogens (tertiary/aromatic N) is 3. The lowest BCUT2D eigenvalue weighted by atomic mass is 9.87. The first-order chi connectivity index (χ1) is 13.1. The molecule has 1 amide bonds. The number of carbonyl (C=O) groups is 1. The van der Waals surface area contributed by atoms with Gasteiger partial charge in [-0.1, -0.05) is 12.1 Å². The van der Waals surface area contributed by atoms with E-state index in [4.69, 9.17) is 0 Å². The smallest absolute Gasteiger partial charge is 0.223 e. The van der Waals surface area contributed by atoms with Gasteiger partial charge in [0.05, 0.1) is 0 Å². The molecule has 1 spiro atoms. The summed E-state index contributed by atoms with van der Waals surface area (Å²) in [7, 11) is 0. The van der Waals surface area contributed by atoms with Gasteiger partial charge >= 0.3 is 0 Å². The summed E-state index contributed by atoms with van der Waals surface area (Å²) in [6.45, 7) is 3.52. The molecule has 5 heteroatoms. The van der Waals surface area contributed by atoms with Gasteiger partial charge in [0.15, 0.2) is 0 Å². The van der Waals surface area contributed by atoms with Crippen molar-refractivity contribution in [3.05, 3.63) is 65.7 Å². The van der Waals surface area contributed by atoms with Crippen LogP contribution in [0.25, 0.3) is 0 Å². The van der Waals surface area contributed by atoms with Crippen LogP contribution in [0.3, 0.4) is 0 Å². The van der Waals surface area contributed by atoms with Crippen LogP contribution in [0, 0.1) is 5.82 Å². The van der Waals surface area contributed by atoms with E-state index in [1.54, 1.807) is 12.4 Å². The molecule has 0 radical (unpaired) electrons. The van der Waals surface area contributed by atoms with E-state index in [0.29, 0.717) is 13.0 Å². The number of hydrogen-bond acceptors (Lipinski definition) is 3. The average Bonchev–Trinajstić information content (AvgIpc) is 2.86. The highest BCUT2D eigenvalue weighted by Crippen LogP contribution is 2.40. The van der Waals surface area contributed by atoms with Crippen LogP contribution in [-0.4, -0.2) is 39.3 Å². The third-order valence-corrected chi connectivity index (χ3v) is 6.10. The fraction of sp³-hybridized carbons (Fsp3) is 0.455. The first kappa shape index (κ1) is 18.1. The minimum Gasteiger partial charge on any atom is -0.333 e. The zero-order valence-electron chi connectivity index (χ0n) is 15.6. The molecule has 142 valence electrons. The van der Waals surface area contributed by atoms with Crippen molar-refractivity contribution in [2.45, 2.75) is 50.7 Å². The molecule has 1 aromatic heterocycles. The number of pyridine rings is 1. The highest BCUT2D eigenvalue weighted by Gasteiger charge is 2.45. The molecule has 0 N–H and O–H groups in total. The maximum absolute atomic E-state index is 13.1. The summed E-state index contributed by atoms with van der Waals surface area (Å²) >= 11 is 0. The predicted molar refractivity (Wildman–Crippen MR) is 102 cm³/mol. The highest BCUT2D eigenvalue weighted by molar-refractivity contribution is 5.79. The van der Waals surface area contributed by atoms with Crippen molar-refractivity contribution in [2.75, 3.05) is 13.1 Å². The third-order valence-electron chi connectivity index (χ3n) is 6.10. The van der Waals surface area contributed by atoms with Crippen LogP contribution < -0.4 is 0 Å². The molecule has 2 fully saturated rings. The van der Waals surface area contributed by atoms with E-state index in [9.17, 15) is 9.18 Å². The Labute approximate surface area is 160 Å². The summed E-state index contributed by atoms with van der Waals surface area (Å²) in [5, 5.41) is 0. The minimum absolute atomic E-state index is 0.0160. The van der Waals surface area contributed by atoms with Gasteiger partial charge in [-0.3, -0.25) is 14.7 Å². The summed E-state index contributed by atoms with van der Waals surface area (Å²) in [5.41, 5.74) is 2.27. The number of benzene rings is 1. The lowest BCUT2D eigenvalue weighted by Gasteiger charge is -2.38. The molecule has 0 aliphatic carbocycles. The molecule has 0 bridgehead atoms. The van der Waals surface area contributed by atoms with Crippen molar-refractivity contribution < 1.29 is 9.18 Å². The van der Waals surface area contributed by atoms with Crippen LogP contribution in [0.15, 0.2) is 48.8 Å². The van der Waals surface area contributed by atoms with Gasteiger partial charge in [0.2, 0.25) is 5.91 Å². The molecule has 0 saturated carbocycles. The lowest BCUT2D eigenvalue weighted by molar-refractivity contribution is -0.132. The van der Waals surface area contributed by atoms with Crippen molar-refractivity contribution in [2.24, 2.45) is 0 Å². The number of halogens is 1. The van der Waals surface area contributed by atoms with E-state index >= 15 is 0 Å². The van der Waals surface area contributed by atoms with E-state index in [-0.39, 0.29) is 17.3 Å². The quantitative estimate of drug-likeness (QED) is 0.825. The number of amides is 1. The number of likely N-dealkylation sites (tertiary alicyclic amines) is 2. The monoisotopic (exact) mass is 367 g/mol. The van der Waals surface area contributed by atoms with Gasteiger partial charge in [0.25, 0.3) is 0 Å². The molecule has 4 nitrogen and oxygen atoms in total. The van der Waals surface area contributed by atoms with Gasteiger partial charge in [0, 0.05) is 44.0 Å². The zero-order valence-corrected chi connectivity index (χ0v) is 15.6. The van der Waals surface area contributed by atoms with Gasteiger partial charge < -0.3 is 4.90 Å². The Morgan fingerprint density at radius 1 is 0.926 bits per heavy atom. The molecule has 27 heavy (non-hydrogen) atoms. The van der Waals surface area contributed by atoms with Gasteiger partial charge in [-0.15, -0.1) is 0 Å². The molecule has 4 rings (SSSR count). The minimum atomic E-state index is -0.190. The van der Waals surface area contributed by atoms with E-state index in [1.165, 1.54) is 12.1 Å². The number of aromatic nitrogens is 1. The molecular formula is C22H26FN3O. The number of rotatable bonds is 4. The summed E-state index contributed by atoms with van der Waals surface area (Å²) in [4.78, 5) is 21.3. The van der Waals surface area contributed by atoms with E-state index in [0.717, 1.165) is 56.4 Å². The fourth-order valence-corrected chi connectivity index (χ4v) is 4.56. The van der Waals surface area contributed by atoms with E-state index in [1.807, 2.05) is 24.3 Å². The standard InChI is InChI=1S/C22H26FN3O/c23-20-4-2-18(3-5-20)16-25-14-1-9-22(11-15-25)10-6-21(27)26(22)17-19-7-12-24-13-8-19/h2-5,7-8,12-13H,1,6,9-11,14-17H2/t22-/m1/s1. The maximum Gasteiger partial charge on any atom is 0.223 e. The largest absolute Gasteiger partial charge is 0.333 e. The summed E-state index contributed by atoms with van der Waals surface area (Å²) in [6, 6.07) is 10.8. The normalized spacial score (nSPS) is 23.7. The molecule has 3 heterocycles. The van der Waals surface area contributed by atoms with Crippen molar-refractivity contribution in [1.29, 1.82) is 0 Å². The molecule has 2 aliphatic heterocycles. The lowest BCUT2D eigenvalue weighted by Crippen LogP contribution is -2.45. The molecular weight excluding hydrogens is 341 g/mol. The Hall–Kier alpha value is -2.27. The Bertz CT molecular complexity index is 780. The first-order valence-electron chi connectivity index (χ1n) is 9.81. The topological polar surface area (TPSA) is 36.4 Å². The van der Waals surface area contributed by atoms with Gasteiger partial charge in [-0.25, -0.2) is 4.39 Å². The second-order valence-electron chi connectivity index (χ2n) is 7.82. The molecule has 1 aromatic carbocycles. The molecule has 1 atom stereocenters. The van der Waals surface area contributed by atoms with Crippen molar-refractivity contribution >= 4 is 5.91 Å².